The van der Waals surface area contributed by atoms with Gasteiger partial charge >= 0.3 is 0 Å². The zero-order valence-corrected chi connectivity index (χ0v) is 14.4. The fourth-order valence-corrected chi connectivity index (χ4v) is 2.29. The van der Waals surface area contributed by atoms with Gasteiger partial charge in [-0.3, -0.25) is 0 Å². The Bertz CT molecular complexity index is 649. The summed E-state index contributed by atoms with van der Waals surface area (Å²) in [6.45, 7) is 4.85. The van der Waals surface area contributed by atoms with Crippen molar-refractivity contribution in [2.45, 2.75) is 20.3 Å². The van der Waals surface area contributed by atoms with Crippen LogP contribution in [0.1, 0.15) is 19.0 Å². The van der Waals surface area contributed by atoms with E-state index < -0.39 is 5.82 Å². The van der Waals surface area contributed by atoms with Crippen molar-refractivity contribution >= 4 is 28.4 Å². The first-order valence-corrected chi connectivity index (χ1v) is 7.76. The van der Waals surface area contributed by atoms with Crippen molar-refractivity contribution < 1.29 is 9.13 Å². The van der Waals surface area contributed by atoms with E-state index in [1.165, 1.54) is 13.2 Å². The Morgan fingerprint density at radius 3 is 2.71 bits per heavy atom. The van der Waals surface area contributed by atoms with Gasteiger partial charge in [0.05, 0.1) is 16.4 Å². The monoisotopic (exact) mass is 401 g/mol. The Labute approximate surface area is 137 Å². The molecule has 21 heavy (non-hydrogen) atoms. The van der Waals surface area contributed by atoms with Crippen LogP contribution in [-0.4, -0.2) is 23.6 Å². The van der Waals surface area contributed by atoms with E-state index in [0.717, 1.165) is 28.0 Å². The van der Waals surface area contributed by atoms with Gasteiger partial charge in [-0.15, -0.1) is 0 Å². The van der Waals surface area contributed by atoms with Crippen molar-refractivity contribution in [2.24, 2.45) is 0 Å². The fraction of sp³-hybridized carbons (Fsp3) is 0.333. The van der Waals surface area contributed by atoms with E-state index in [1.54, 1.807) is 12.1 Å². The molecule has 0 unspecified atom stereocenters. The summed E-state index contributed by atoms with van der Waals surface area (Å²) in [5, 5.41) is 3.27. The van der Waals surface area contributed by atoms with Crippen LogP contribution in [0.2, 0.25) is 0 Å². The number of hydrogen-bond donors (Lipinski definition) is 1. The van der Waals surface area contributed by atoms with Crippen molar-refractivity contribution in [3.05, 3.63) is 33.3 Å². The maximum Gasteiger partial charge on any atom is 0.165 e. The number of nitrogens with zero attached hydrogens (tertiary/aromatic N) is 2. The lowest BCUT2D eigenvalue weighted by Crippen LogP contribution is -2.07. The van der Waals surface area contributed by atoms with Gasteiger partial charge in [-0.05, 0) is 54.1 Å². The number of hydrogen-bond acceptors (Lipinski definition) is 4. The highest BCUT2D eigenvalue weighted by Crippen LogP contribution is 2.26. The largest absolute Gasteiger partial charge is 0.494 e. The van der Waals surface area contributed by atoms with Crippen LogP contribution in [0.25, 0.3) is 11.4 Å². The van der Waals surface area contributed by atoms with Crippen molar-refractivity contribution in [2.75, 3.05) is 19.0 Å². The highest BCUT2D eigenvalue weighted by atomic mass is 127. The van der Waals surface area contributed by atoms with Crippen LogP contribution >= 0.6 is 22.6 Å². The minimum atomic E-state index is -0.419. The quantitative estimate of drug-likeness (QED) is 0.769. The normalized spacial score (nSPS) is 10.5. The summed E-state index contributed by atoms with van der Waals surface area (Å²) in [6, 6.07) is 4.73. The summed E-state index contributed by atoms with van der Waals surface area (Å²) in [5.74, 6) is 1.09. The molecule has 1 N–H and O–H groups in total. The number of aryl methyl sites for hydroxylation is 1. The number of ether oxygens (including phenoxy) is 1. The van der Waals surface area contributed by atoms with Crippen LogP contribution in [-0.2, 0) is 0 Å². The van der Waals surface area contributed by atoms with E-state index in [-0.39, 0.29) is 5.75 Å². The molecule has 0 fully saturated rings. The molecule has 6 heteroatoms. The molecule has 0 aliphatic rings. The predicted octanol–water partition coefficient (Wildman–Crippen LogP) is 4.03. The molecule has 0 aliphatic carbocycles. The van der Waals surface area contributed by atoms with Crippen molar-refractivity contribution in [1.29, 1.82) is 0 Å². The molecule has 0 spiro atoms. The SMILES string of the molecule is CCCNc1nc(-c2ccc(OC)c(F)c2)nc(C)c1I. The number of nitrogens with one attached hydrogen (secondary N) is 1. The Morgan fingerprint density at radius 2 is 2.10 bits per heavy atom. The summed E-state index contributed by atoms with van der Waals surface area (Å²) in [5.41, 5.74) is 1.50. The van der Waals surface area contributed by atoms with E-state index in [0.29, 0.717) is 11.4 Å². The number of methoxy groups -OCH3 is 1. The molecular formula is C15H17FIN3O. The first kappa shape index (κ1) is 15.9. The van der Waals surface area contributed by atoms with E-state index in [2.05, 4.69) is 44.8 Å². The first-order valence-electron chi connectivity index (χ1n) is 6.68. The molecule has 1 heterocycles. The summed E-state index contributed by atoms with van der Waals surface area (Å²) in [6.07, 6.45) is 1.01. The second kappa shape index (κ2) is 7.02. The molecule has 0 amide bonds. The van der Waals surface area contributed by atoms with Gasteiger partial charge in [-0.2, -0.15) is 0 Å². The maximum atomic E-state index is 13.8. The molecule has 0 radical (unpaired) electrons. The second-order valence-corrected chi connectivity index (χ2v) is 5.65. The number of anilines is 1. The number of benzene rings is 1. The zero-order valence-electron chi connectivity index (χ0n) is 12.2. The predicted molar refractivity (Wildman–Crippen MR) is 90.2 cm³/mol. The number of aromatic nitrogens is 2. The fourth-order valence-electron chi connectivity index (χ4n) is 1.85. The highest BCUT2D eigenvalue weighted by molar-refractivity contribution is 14.1. The molecule has 0 aliphatic heterocycles. The zero-order chi connectivity index (χ0) is 15.4. The molecule has 1 aromatic heterocycles. The lowest BCUT2D eigenvalue weighted by Gasteiger charge is -2.11. The molecule has 1 aromatic carbocycles. The Kier molecular flexibility index (Phi) is 5.33. The lowest BCUT2D eigenvalue weighted by atomic mass is 10.2. The van der Waals surface area contributed by atoms with Crippen LogP contribution in [0.5, 0.6) is 5.75 Å². The van der Waals surface area contributed by atoms with E-state index in [1.807, 2.05) is 6.92 Å². The third-order valence-electron chi connectivity index (χ3n) is 2.97. The molecule has 0 saturated heterocycles. The van der Waals surface area contributed by atoms with Crippen LogP contribution in [0.3, 0.4) is 0 Å². The molecule has 0 bridgehead atoms. The standard InChI is InChI=1S/C15H17FIN3O/c1-4-7-18-15-13(17)9(2)19-14(20-15)10-5-6-12(21-3)11(16)8-10/h5-6,8H,4,7H2,1-3H3,(H,18,19,20). The van der Waals surface area contributed by atoms with Gasteiger partial charge in [0.25, 0.3) is 0 Å². The van der Waals surface area contributed by atoms with Gasteiger partial charge in [0.15, 0.2) is 17.4 Å². The van der Waals surface area contributed by atoms with Crippen LogP contribution in [0.4, 0.5) is 10.2 Å². The van der Waals surface area contributed by atoms with Crippen molar-refractivity contribution in [3.63, 3.8) is 0 Å². The molecule has 112 valence electrons. The molecular weight excluding hydrogens is 384 g/mol. The van der Waals surface area contributed by atoms with Gasteiger partial charge in [0, 0.05) is 12.1 Å². The molecule has 2 aromatic rings. The van der Waals surface area contributed by atoms with Crippen LogP contribution in [0.15, 0.2) is 18.2 Å². The molecule has 2 rings (SSSR count). The minimum absolute atomic E-state index is 0.213. The third-order valence-corrected chi connectivity index (χ3v) is 4.26. The van der Waals surface area contributed by atoms with Crippen molar-refractivity contribution in [3.8, 4) is 17.1 Å². The van der Waals surface area contributed by atoms with Gasteiger partial charge in [0.1, 0.15) is 5.82 Å². The van der Waals surface area contributed by atoms with Gasteiger partial charge in [0.2, 0.25) is 0 Å². The number of rotatable bonds is 5. The Balaban J connectivity index is 2.43. The molecule has 4 nitrogen and oxygen atoms in total. The second-order valence-electron chi connectivity index (χ2n) is 4.57. The lowest BCUT2D eigenvalue weighted by molar-refractivity contribution is 0.386. The van der Waals surface area contributed by atoms with Crippen LogP contribution < -0.4 is 10.1 Å². The molecule has 0 saturated carbocycles. The smallest absolute Gasteiger partial charge is 0.165 e. The van der Waals surface area contributed by atoms with E-state index >= 15 is 0 Å². The van der Waals surface area contributed by atoms with E-state index in [4.69, 9.17) is 4.74 Å². The van der Waals surface area contributed by atoms with Crippen molar-refractivity contribution in [1.82, 2.24) is 9.97 Å². The Morgan fingerprint density at radius 1 is 1.33 bits per heavy atom. The summed E-state index contributed by atoms with van der Waals surface area (Å²) in [4.78, 5) is 8.94. The minimum Gasteiger partial charge on any atom is -0.494 e. The average Bonchev–Trinajstić information content (AvgIpc) is 2.48. The van der Waals surface area contributed by atoms with Gasteiger partial charge in [-0.25, -0.2) is 14.4 Å². The number of halogens is 2. The van der Waals surface area contributed by atoms with Crippen LogP contribution in [0, 0.1) is 16.3 Å². The summed E-state index contributed by atoms with van der Waals surface area (Å²) >= 11 is 2.22. The average molecular weight is 401 g/mol. The first-order chi connectivity index (χ1) is 10.1. The summed E-state index contributed by atoms with van der Waals surface area (Å²) < 4.78 is 19.7. The van der Waals surface area contributed by atoms with E-state index in [9.17, 15) is 4.39 Å². The topological polar surface area (TPSA) is 47.0 Å². The Hall–Kier alpha value is -1.44. The highest BCUT2D eigenvalue weighted by Gasteiger charge is 2.12. The molecule has 0 atom stereocenters. The van der Waals surface area contributed by atoms with Gasteiger partial charge < -0.3 is 10.1 Å². The third kappa shape index (κ3) is 3.61. The summed E-state index contributed by atoms with van der Waals surface area (Å²) in [7, 11) is 1.44. The van der Waals surface area contributed by atoms with Gasteiger partial charge in [-0.1, -0.05) is 6.92 Å². The maximum absolute atomic E-state index is 13.8.